The van der Waals surface area contributed by atoms with Crippen molar-refractivity contribution in [1.82, 2.24) is 20.1 Å². The molecule has 0 aromatic carbocycles. The molecular formula is C21H34IN5O3S. The van der Waals surface area contributed by atoms with Crippen molar-refractivity contribution < 1.29 is 13.9 Å². The molecule has 2 unspecified atom stereocenters. The number of furan rings is 1. The van der Waals surface area contributed by atoms with Crippen LogP contribution in [0.1, 0.15) is 41.3 Å². The van der Waals surface area contributed by atoms with Crippen molar-refractivity contribution in [2.45, 2.75) is 32.5 Å². The molecule has 8 nitrogen and oxygen atoms in total. The van der Waals surface area contributed by atoms with E-state index in [1.807, 2.05) is 27.0 Å². The first kappa shape index (κ1) is 26.0. The minimum atomic E-state index is 0. The summed E-state index contributed by atoms with van der Waals surface area (Å²) in [5.41, 5.74) is 1.01. The van der Waals surface area contributed by atoms with Crippen LogP contribution in [-0.4, -0.2) is 74.8 Å². The summed E-state index contributed by atoms with van der Waals surface area (Å²) in [4.78, 5) is 13.6. The molecule has 0 radical (unpaired) electrons. The van der Waals surface area contributed by atoms with E-state index in [9.17, 15) is 0 Å². The lowest BCUT2D eigenvalue weighted by molar-refractivity contribution is 0.0123. The molecule has 2 aromatic heterocycles. The Morgan fingerprint density at radius 3 is 2.74 bits per heavy atom. The number of aryl methyl sites for hydroxylation is 1. The summed E-state index contributed by atoms with van der Waals surface area (Å²) < 4.78 is 16.9. The Hall–Kier alpha value is -1.21. The largest absolute Gasteiger partial charge is 0.465 e. The number of hydrogen-bond donors (Lipinski definition) is 1. The molecule has 3 rings (SSSR count). The smallest absolute Gasteiger partial charge is 0.193 e. The summed E-state index contributed by atoms with van der Waals surface area (Å²) in [6.45, 7) is 8.64. The zero-order valence-corrected chi connectivity index (χ0v) is 22.1. The van der Waals surface area contributed by atoms with Crippen molar-refractivity contribution in [3.05, 3.63) is 39.7 Å². The number of rotatable bonds is 8. The molecule has 0 spiro atoms. The lowest BCUT2D eigenvalue weighted by Gasteiger charge is -2.34. The second-order valence-corrected chi connectivity index (χ2v) is 8.34. The van der Waals surface area contributed by atoms with E-state index < -0.39 is 0 Å². The topological polar surface area (TPSA) is 75.4 Å². The first-order valence-corrected chi connectivity index (χ1v) is 11.2. The molecule has 31 heavy (non-hydrogen) atoms. The fourth-order valence-corrected chi connectivity index (χ4v) is 4.35. The second kappa shape index (κ2) is 12.7. The van der Waals surface area contributed by atoms with Crippen molar-refractivity contribution in [1.29, 1.82) is 0 Å². The zero-order valence-electron chi connectivity index (χ0n) is 19.0. The summed E-state index contributed by atoms with van der Waals surface area (Å²) in [7, 11) is 5.53. The third-order valence-electron chi connectivity index (χ3n) is 5.27. The summed E-state index contributed by atoms with van der Waals surface area (Å²) in [5, 5.41) is 6.59. The predicted octanol–water partition coefficient (Wildman–Crippen LogP) is 3.45. The van der Waals surface area contributed by atoms with Gasteiger partial charge in [-0.15, -0.1) is 35.3 Å². The van der Waals surface area contributed by atoms with Crippen LogP contribution < -0.4 is 5.32 Å². The molecule has 10 heteroatoms. The Bertz CT molecular complexity index is 822. The number of guanidine groups is 1. The fourth-order valence-electron chi connectivity index (χ4n) is 3.50. The molecule has 1 N–H and O–H groups in total. The summed E-state index contributed by atoms with van der Waals surface area (Å²) in [5.74, 6) is 2.72. The Balaban J connectivity index is 0.00000341. The van der Waals surface area contributed by atoms with E-state index in [4.69, 9.17) is 13.9 Å². The molecule has 174 valence electrons. The maximum Gasteiger partial charge on any atom is 0.193 e. The van der Waals surface area contributed by atoms with Crippen molar-refractivity contribution >= 4 is 41.3 Å². The average molecular weight is 564 g/mol. The quantitative estimate of drug-likeness (QED) is 0.300. The van der Waals surface area contributed by atoms with Gasteiger partial charge in [0.1, 0.15) is 22.6 Å². The van der Waals surface area contributed by atoms with Gasteiger partial charge in [0.15, 0.2) is 5.96 Å². The highest BCUT2D eigenvalue weighted by Crippen LogP contribution is 2.24. The highest BCUT2D eigenvalue weighted by molar-refractivity contribution is 14.0. The van der Waals surface area contributed by atoms with E-state index in [0.29, 0.717) is 13.1 Å². The first-order chi connectivity index (χ1) is 14.5. The lowest BCUT2D eigenvalue weighted by atomic mass is 10.1. The average Bonchev–Trinajstić information content (AvgIpc) is 3.40. The number of halogens is 1. The molecule has 1 fully saturated rings. The van der Waals surface area contributed by atoms with Gasteiger partial charge in [-0.2, -0.15) is 0 Å². The third kappa shape index (κ3) is 7.14. The summed E-state index contributed by atoms with van der Waals surface area (Å²) >= 11 is 1.63. The number of nitrogens with zero attached hydrogens (tertiary/aromatic N) is 4. The van der Waals surface area contributed by atoms with Gasteiger partial charge in [-0.25, -0.2) is 4.98 Å². The summed E-state index contributed by atoms with van der Waals surface area (Å²) in [6, 6.07) is 4.21. The number of morpholine rings is 1. The molecule has 1 aliphatic heterocycles. The molecular weight excluding hydrogens is 529 g/mol. The Labute approximate surface area is 206 Å². The van der Waals surface area contributed by atoms with E-state index in [-0.39, 0.29) is 36.1 Å². The van der Waals surface area contributed by atoms with Gasteiger partial charge in [0.05, 0.1) is 31.5 Å². The Kier molecular flexibility index (Phi) is 10.7. The molecule has 0 aliphatic carbocycles. The van der Waals surface area contributed by atoms with Crippen LogP contribution in [0.5, 0.6) is 0 Å². The highest BCUT2D eigenvalue weighted by atomic mass is 127. The normalized spacial score (nSPS) is 17.1. The number of hydrogen-bond acceptors (Lipinski definition) is 7. The van der Waals surface area contributed by atoms with Gasteiger partial charge >= 0.3 is 0 Å². The molecule has 2 atom stereocenters. The number of methoxy groups -OCH3 is 1. The van der Waals surface area contributed by atoms with Gasteiger partial charge in [-0.1, -0.05) is 0 Å². The molecule has 0 amide bonds. The number of thiazole rings is 1. The predicted molar refractivity (Wildman–Crippen MR) is 134 cm³/mol. The van der Waals surface area contributed by atoms with Crippen molar-refractivity contribution in [3.63, 3.8) is 0 Å². The minimum Gasteiger partial charge on any atom is -0.465 e. The Morgan fingerprint density at radius 2 is 2.13 bits per heavy atom. The number of ether oxygens (including phenoxy) is 2. The van der Waals surface area contributed by atoms with Gasteiger partial charge < -0.3 is 24.1 Å². The van der Waals surface area contributed by atoms with Crippen molar-refractivity contribution in [2.24, 2.45) is 4.99 Å². The Morgan fingerprint density at radius 1 is 1.39 bits per heavy atom. The van der Waals surface area contributed by atoms with Crippen molar-refractivity contribution in [3.8, 4) is 0 Å². The van der Waals surface area contributed by atoms with Crippen LogP contribution in [0.15, 0.2) is 26.9 Å². The van der Waals surface area contributed by atoms with Gasteiger partial charge in [-0.3, -0.25) is 9.89 Å². The number of nitrogens with one attached hydrogen (secondary N) is 1. The molecule has 1 aliphatic rings. The first-order valence-electron chi connectivity index (χ1n) is 10.3. The number of aromatic nitrogens is 1. The molecule has 1 saturated heterocycles. The SMILES string of the molecule is CN=C(NCC(c1ccc(C)o1)N1CCOCC1)N(C)Cc1csc(C(C)OC)n1.I. The van der Waals surface area contributed by atoms with Gasteiger partial charge in [0.2, 0.25) is 0 Å². The fraction of sp³-hybridized carbons (Fsp3) is 0.619. The third-order valence-corrected chi connectivity index (χ3v) is 6.33. The molecule has 3 heterocycles. The summed E-state index contributed by atoms with van der Waals surface area (Å²) in [6.07, 6.45) is 0.0116. The van der Waals surface area contributed by atoms with Gasteiger partial charge in [-0.05, 0) is 26.0 Å². The van der Waals surface area contributed by atoms with Crippen LogP contribution in [0, 0.1) is 6.92 Å². The maximum atomic E-state index is 5.96. The van der Waals surface area contributed by atoms with Crippen LogP contribution in [0.3, 0.4) is 0 Å². The van der Waals surface area contributed by atoms with Gasteiger partial charge in [0.25, 0.3) is 0 Å². The minimum absolute atomic E-state index is 0. The van der Waals surface area contributed by atoms with E-state index in [1.165, 1.54) is 0 Å². The number of aliphatic imine (C=N–C) groups is 1. The van der Waals surface area contributed by atoms with E-state index in [0.717, 1.165) is 54.5 Å². The maximum absolute atomic E-state index is 5.96. The van der Waals surface area contributed by atoms with Crippen molar-refractivity contribution in [2.75, 3.05) is 54.1 Å². The lowest BCUT2D eigenvalue weighted by Crippen LogP contribution is -2.46. The zero-order chi connectivity index (χ0) is 21.5. The second-order valence-electron chi connectivity index (χ2n) is 7.45. The standard InChI is InChI=1S/C21H33N5O3S.HI/c1-15-6-7-19(29-15)18(26-8-10-28-11-9-26)12-23-21(22-3)25(4)13-17-14-30-20(24-17)16(2)27-5;/h6-7,14,16,18H,8-13H2,1-5H3,(H,22,23);1H. The van der Waals surface area contributed by atoms with E-state index in [1.54, 1.807) is 25.5 Å². The van der Waals surface area contributed by atoms with Crippen LogP contribution >= 0.6 is 35.3 Å². The molecule has 0 bridgehead atoms. The van der Waals surface area contributed by atoms with Crippen LogP contribution in [0.4, 0.5) is 0 Å². The highest BCUT2D eigenvalue weighted by Gasteiger charge is 2.26. The van der Waals surface area contributed by atoms with Gasteiger partial charge in [0, 0.05) is 46.2 Å². The van der Waals surface area contributed by atoms with Crippen LogP contribution in [-0.2, 0) is 16.0 Å². The van der Waals surface area contributed by atoms with E-state index >= 15 is 0 Å². The molecule has 2 aromatic rings. The van der Waals surface area contributed by atoms with E-state index in [2.05, 4.69) is 36.5 Å². The van der Waals surface area contributed by atoms with Crippen LogP contribution in [0.2, 0.25) is 0 Å². The monoisotopic (exact) mass is 563 g/mol. The van der Waals surface area contributed by atoms with Crippen LogP contribution in [0.25, 0.3) is 0 Å². The molecule has 0 saturated carbocycles.